The van der Waals surface area contributed by atoms with Gasteiger partial charge in [-0.1, -0.05) is 66.2 Å². The zero-order valence-electron chi connectivity index (χ0n) is 17.1. The molecular formula is C26H17ClN2O4. The van der Waals surface area contributed by atoms with Crippen LogP contribution in [0.15, 0.2) is 84.9 Å². The van der Waals surface area contributed by atoms with Gasteiger partial charge in [-0.3, -0.25) is 0 Å². The molecule has 1 heterocycles. The number of carbonyl (C=O) groups is 1. The van der Waals surface area contributed by atoms with Crippen molar-refractivity contribution in [3.8, 4) is 39.8 Å². The molecular weight excluding hydrogens is 440 g/mol. The molecule has 0 aliphatic carbocycles. The number of imidazole rings is 1. The molecule has 0 radical (unpaired) electrons. The van der Waals surface area contributed by atoms with Gasteiger partial charge >= 0.3 is 5.97 Å². The van der Waals surface area contributed by atoms with E-state index in [0.29, 0.717) is 16.1 Å². The molecule has 0 bridgehead atoms. The number of fused-ring (bicyclic) bond motifs is 1. The Morgan fingerprint density at radius 3 is 2.30 bits per heavy atom. The van der Waals surface area contributed by atoms with Crippen LogP contribution in [0.2, 0.25) is 5.02 Å². The highest BCUT2D eigenvalue weighted by Crippen LogP contribution is 2.34. The van der Waals surface area contributed by atoms with Crippen LogP contribution < -0.4 is 4.74 Å². The van der Waals surface area contributed by atoms with E-state index in [1.807, 2.05) is 36.4 Å². The van der Waals surface area contributed by atoms with Crippen LogP contribution in [0.1, 0.15) is 10.4 Å². The zero-order chi connectivity index (χ0) is 22.9. The van der Waals surface area contributed by atoms with Gasteiger partial charge in [0.25, 0.3) is 6.01 Å². The van der Waals surface area contributed by atoms with Crippen LogP contribution in [0.4, 0.5) is 0 Å². The van der Waals surface area contributed by atoms with Crippen LogP contribution in [0.25, 0.3) is 33.3 Å². The third-order valence-electron chi connectivity index (χ3n) is 5.26. The van der Waals surface area contributed by atoms with Crippen molar-refractivity contribution >= 4 is 28.6 Å². The second-order valence-corrected chi connectivity index (χ2v) is 7.83. The Bertz CT molecular complexity index is 1480. The van der Waals surface area contributed by atoms with Crippen LogP contribution in [0.5, 0.6) is 17.5 Å². The normalized spacial score (nSPS) is 10.9. The number of hydrogen-bond donors (Lipinski definition) is 3. The summed E-state index contributed by atoms with van der Waals surface area (Å²) in [5, 5.41) is 19.4. The van der Waals surface area contributed by atoms with Crippen LogP contribution in [-0.2, 0) is 0 Å². The number of aromatic amines is 1. The number of ether oxygens (including phenoxy) is 1. The van der Waals surface area contributed by atoms with Gasteiger partial charge in [0.15, 0.2) is 0 Å². The van der Waals surface area contributed by atoms with Crippen molar-refractivity contribution in [2.45, 2.75) is 0 Å². The molecule has 6 nitrogen and oxygen atoms in total. The number of aromatic carboxylic acids is 1. The Balaban J connectivity index is 1.45. The molecule has 0 spiro atoms. The van der Waals surface area contributed by atoms with Crippen LogP contribution in [0, 0.1) is 0 Å². The summed E-state index contributed by atoms with van der Waals surface area (Å²) in [4.78, 5) is 18.7. The highest BCUT2D eigenvalue weighted by atomic mass is 35.5. The van der Waals surface area contributed by atoms with E-state index in [0.717, 1.165) is 22.3 Å². The molecule has 4 aromatic carbocycles. The maximum Gasteiger partial charge on any atom is 0.339 e. The van der Waals surface area contributed by atoms with E-state index in [1.54, 1.807) is 6.07 Å². The largest absolute Gasteiger partial charge is 0.507 e. The minimum atomic E-state index is -1.25. The van der Waals surface area contributed by atoms with Gasteiger partial charge < -0.3 is 19.9 Å². The summed E-state index contributed by atoms with van der Waals surface area (Å²) < 4.78 is 5.68. The van der Waals surface area contributed by atoms with E-state index in [2.05, 4.69) is 34.2 Å². The highest BCUT2D eigenvalue weighted by Gasteiger charge is 2.14. The fourth-order valence-corrected chi connectivity index (χ4v) is 3.88. The Morgan fingerprint density at radius 1 is 0.879 bits per heavy atom. The Labute approximate surface area is 193 Å². The molecule has 33 heavy (non-hydrogen) atoms. The van der Waals surface area contributed by atoms with Crippen molar-refractivity contribution in [1.82, 2.24) is 9.97 Å². The summed E-state index contributed by atoms with van der Waals surface area (Å²) in [6.07, 6.45) is 0. The molecule has 0 amide bonds. The van der Waals surface area contributed by atoms with Gasteiger partial charge in [0.2, 0.25) is 0 Å². The number of aromatic hydroxyl groups is 1. The smallest absolute Gasteiger partial charge is 0.339 e. The van der Waals surface area contributed by atoms with Gasteiger partial charge in [0, 0.05) is 5.56 Å². The first-order chi connectivity index (χ1) is 16.0. The molecule has 0 fully saturated rings. The van der Waals surface area contributed by atoms with Gasteiger partial charge in [0.05, 0.1) is 16.1 Å². The number of nitrogens with one attached hydrogen (secondary N) is 1. The molecule has 7 heteroatoms. The minimum absolute atomic E-state index is 0.180. The average molecular weight is 457 g/mol. The van der Waals surface area contributed by atoms with Crippen molar-refractivity contribution < 1.29 is 19.7 Å². The molecule has 0 saturated heterocycles. The van der Waals surface area contributed by atoms with Gasteiger partial charge in [-0.25, -0.2) is 4.79 Å². The van der Waals surface area contributed by atoms with Crippen molar-refractivity contribution in [1.29, 1.82) is 0 Å². The molecule has 162 valence electrons. The van der Waals surface area contributed by atoms with E-state index in [-0.39, 0.29) is 23.1 Å². The quantitative estimate of drug-likeness (QED) is 0.272. The monoisotopic (exact) mass is 456 g/mol. The number of phenols is 1. The first kappa shape index (κ1) is 20.6. The number of hydrogen-bond acceptors (Lipinski definition) is 4. The molecule has 3 N–H and O–H groups in total. The second-order valence-electron chi connectivity index (χ2n) is 7.42. The molecule has 5 aromatic rings. The van der Waals surface area contributed by atoms with Crippen LogP contribution >= 0.6 is 11.6 Å². The van der Waals surface area contributed by atoms with E-state index in [4.69, 9.17) is 21.4 Å². The summed E-state index contributed by atoms with van der Waals surface area (Å²) in [7, 11) is 0. The molecule has 0 atom stereocenters. The first-order valence-electron chi connectivity index (χ1n) is 10.1. The lowest BCUT2D eigenvalue weighted by Gasteiger charge is -2.07. The predicted octanol–water partition coefficient (Wildman–Crippen LogP) is 6.75. The number of nitrogens with zero attached hydrogens (tertiary/aromatic N) is 1. The lowest BCUT2D eigenvalue weighted by atomic mass is 10.00. The van der Waals surface area contributed by atoms with Crippen LogP contribution in [-0.4, -0.2) is 26.2 Å². The molecule has 1 aromatic heterocycles. The third-order valence-corrected chi connectivity index (χ3v) is 5.58. The maximum absolute atomic E-state index is 11.2. The van der Waals surface area contributed by atoms with Crippen molar-refractivity contribution in [2.75, 3.05) is 0 Å². The van der Waals surface area contributed by atoms with Crippen molar-refractivity contribution in [3.63, 3.8) is 0 Å². The molecule has 0 aliphatic rings. The third kappa shape index (κ3) is 4.12. The SMILES string of the molecule is O=C(O)c1cc(Oc2nc3cc(-c4ccc(-c5ccccc5)cc4)c(Cl)cc3[nH]2)ccc1O. The predicted molar refractivity (Wildman–Crippen MR) is 127 cm³/mol. The van der Waals surface area contributed by atoms with Crippen molar-refractivity contribution in [3.05, 3.63) is 95.5 Å². The van der Waals surface area contributed by atoms with Gasteiger partial charge in [-0.15, -0.1) is 0 Å². The topological polar surface area (TPSA) is 95.4 Å². The number of H-pyrrole nitrogens is 1. The lowest BCUT2D eigenvalue weighted by molar-refractivity contribution is 0.0693. The van der Waals surface area contributed by atoms with Crippen molar-refractivity contribution in [2.24, 2.45) is 0 Å². The van der Waals surface area contributed by atoms with E-state index in [1.165, 1.54) is 18.2 Å². The zero-order valence-corrected chi connectivity index (χ0v) is 17.9. The van der Waals surface area contributed by atoms with Gasteiger partial charge in [0.1, 0.15) is 17.1 Å². The molecule has 0 aliphatic heterocycles. The highest BCUT2D eigenvalue weighted by molar-refractivity contribution is 6.34. The van der Waals surface area contributed by atoms with Gasteiger partial charge in [-0.2, -0.15) is 4.98 Å². The summed E-state index contributed by atoms with van der Waals surface area (Å²) in [5.74, 6) is -1.36. The lowest BCUT2D eigenvalue weighted by Crippen LogP contribution is -1.97. The first-order valence-corrected chi connectivity index (χ1v) is 10.4. The Hall–Kier alpha value is -4.29. The van der Waals surface area contributed by atoms with Crippen LogP contribution in [0.3, 0.4) is 0 Å². The number of benzene rings is 4. The molecule has 0 saturated carbocycles. The van der Waals surface area contributed by atoms with Gasteiger partial charge in [-0.05, 0) is 47.0 Å². The number of aromatic nitrogens is 2. The summed E-state index contributed by atoms with van der Waals surface area (Å²) in [6.45, 7) is 0. The number of halogens is 1. The standard InChI is InChI=1S/C26H17ClN2O4/c27-21-14-23-22(28-26(29-23)33-18-10-11-24(30)20(12-18)25(31)32)13-19(21)17-8-6-16(7-9-17)15-4-2-1-3-5-15/h1-14,30H,(H,28,29)(H,31,32). The summed E-state index contributed by atoms with van der Waals surface area (Å²) in [6, 6.07) is 26.0. The Kier molecular flexibility index (Phi) is 5.20. The number of carboxylic acids is 1. The summed E-state index contributed by atoms with van der Waals surface area (Å²) in [5.41, 5.74) is 5.11. The number of carboxylic acid groups (broad SMARTS) is 1. The minimum Gasteiger partial charge on any atom is -0.507 e. The van der Waals surface area contributed by atoms with E-state index >= 15 is 0 Å². The van der Waals surface area contributed by atoms with E-state index < -0.39 is 5.97 Å². The fourth-order valence-electron chi connectivity index (χ4n) is 3.61. The van der Waals surface area contributed by atoms with E-state index in [9.17, 15) is 9.90 Å². The molecule has 5 rings (SSSR count). The Morgan fingerprint density at radius 2 is 1.58 bits per heavy atom. The fraction of sp³-hybridized carbons (Fsp3) is 0. The molecule has 0 unspecified atom stereocenters. The number of rotatable bonds is 5. The maximum atomic E-state index is 11.2. The summed E-state index contributed by atoms with van der Waals surface area (Å²) >= 11 is 6.56. The average Bonchev–Trinajstić information content (AvgIpc) is 3.21. The second kappa shape index (κ2) is 8.33.